The molecule has 4 nitrogen and oxygen atoms in total. The summed E-state index contributed by atoms with van der Waals surface area (Å²) >= 11 is 0. The SMILES string of the molecule is C=CS(=O)(=O)c1ccccc1S(=O)(=O)C=C. The van der Waals surface area contributed by atoms with Gasteiger partial charge in [-0.05, 0) is 12.1 Å². The maximum atomic E-state index is 11.6. The van der Waals surface area contributed by atoms with E-state index in [1.807, 2.05) is 0 Å². The van der Waals surface area contributed by atoms with Crippen LogP contribution in [-0.4, -0.2) is 16.8 Å². The van der Waals surface area contributed by atoms with E-state index >= 15 is 0 Å². The summed E-state index contributed by atoms with van der Waals surface area (Å²) in [6, 6.07) is 5.32. The summed E-state index contributed by atoms with van der Waals surface area (Å²) in [4.78, 5) is -0.574. The van der Waals surface area contributed by atoms with Gasteiger partial charge in [-0.3, -0.25) is 0 Å². The number of sulfone groups is 2. The van der Waals surface area contributed by atoms with Crippen molar-refractivity contribution >= 4 is 19.7 Å². The minimum Gasteiger partial charge on any atom is -0.219 e. The maximum absolute atomic E-state index is 11.6. The Morgan fingerprint density at radius 1 is 0.812 bits per heavy atom. The van der Waals surface area contributed by atoms with Crippen LogP contribution >= 0.6 is 0 Å². The fraction of sp³-hybridized carbons (Fsp3) is 0. The number of hydrogen-bond acceptors (Lipinski definition) is 4. The van der Waals surface area contributed by atoms with Crippen LogP contribution in [0.3, 0.4) is 0 Å². The average molecular weight is 258 g/mol. The molecule has 0 aliphatic rings. The molecule has 0 radical (unpaired) electrons. The number of hydrogen-bond donors (Lipinski definition) is 0. The molecule has 1 aromatic rings. The zero-order valence-electron chi connectivity index (χ0n) is 8.33. The normalized spacial score (nSPS) is 12.0. The highest BCUT2D eigenvalue weighted by Crippen LogP contribution is 2.23. The lowest BCUT2D eigenvalue weighted by atomic mass is 10.4. The van der Waals surface area contributed by atoms with Gasteiger partial charge in [-0.2, -0.15) is 0 Å². The lowest BCUT2D eigenvalue weighted by Gasteiger charge is -2.05. The van der Waals surface area contributed by atoms with Crippen molar-refractivity contribution in [2.75, 3.05) is 0 Å². The van der Waals surface area contributed by atoms with Gasteiger partial charge in [0.1, 0.15) is 0 Å². The van der Waals surface area contributed by atoms with Crippen LogP contribution in [-0.2, 0) is 19.7 Å². The third kappa shape index (κ3) is 2.23. The topological polar surface area (TPSA) is 68.3 Å². The molecular weight excluding hydrogens is 248 g/mol. The predicted octanol–water partition coefficient (Wildman–Crippen LogP) is 1.52. The molecule has 0 aliphatic heterocycles. The molecular formula is C10H10O4S2. The van der Waals surface area contributed by atoms with E-state index < -0.39 is 19.7 Å². The molecule has 0 bridgehead atoms. The highest BCUT2D eigenvalue weighted by Gasteiger charge is 2.21. The molecule has 0 atom stereocenters. The standard InChI is InChI=1S/C10H10O4S2/c1-3-15(11,12)9-7-5-6-8-10(9)16(13,14)4-2/h3-8H,1-2H2. The first-order valence-electron chi connectivity index (χ1n) is 4.19. The molecule has 0 amide bonds. The van der Waals surface area contributed by atoms with E-state index in [4.69, 9.17) is 0 Å². The van der Waals surface area contributed by atoms with E-state index in [1.165, 1.54) is 24.3 Å². The lowest BCUT2D eigenvalue weighted by molar-refractivity contribution is 0.592. The number of benzene rings is 1. The Bertz CT molecular complexity index is 568. The van der Waals surface area contributed by atoms with Gasteiger partial charge in [0, 0.05) is 10.8 Å². The summed E-state index contributed by atoms with van der Waals surface area (Å²) in [5.41, 5.74) is 0. The highest BCUT2D eigenvalue weighted by molar-refractivity contribution is 7.97. The molecule has 0 aromatic heterocycles. The molecule has 0 spiro atoms. The Morgan fingerprint density at radius 2 is 1.12 bits per heavy atom. The third-order valence-electron chi connectivity index (χ3n) is 1.90. The lowest BCUT2D eigenvalue weighted by Crippen LogP contribution is -2.05. The monoisotopic (exact) mass is 258 g/mol. The molecule has 0 heterocycles. The van der Waals surface area contributed by atoms with Gasteiger partial charge < -0.3 is 0 Å². The minimum absolute atomic E-state index is 0.287. The maximum Gasteiger partial charge on any atom is 0.200 e. The van der Waals surface area contributed by atoms with Gasteiger partial charge in [-0.1, -0.05) is 25.3 Å². The van der Waals surface area contributed by atoms with E-state index in [0.717, 1.165) is 0 Å². The smallest absolute Gasteiger partial charge is 0.200 e. The summed E-state index contributed by atoms with van der Waals surface area (Å²) in [5, 5.41) is 1.43. The van der Waals surface area contributed by atoms with Gasteiger partial charge in [0.15, 0.2) is 0 Å². The molecule has 16 heavy (non-hydrogen) atoms. The van der Waals surface area contributed by atoms with Crippen LogP contribution < -0.4 is 0 Å². The summed E-state index contributed by atoms with van der Waals surface area (Å²) in [5.74, 6) is 0. The van der Waals surface area contributed by atoms with Crippen LogP contribution in [0.2, 0.25) is 0 Å². The second-order valence-electron chi connectivity index (χ2n) is 2.87. The molecule has 6 heteroatoms. The Hall–Kier alpha value is -1.40. The fourth-order valence-electron chi connectivity index (χ4n) is 1.10. The van der Waals surface area contributed by atoms with Crippen LogP contribution in [0.25, 0.3) is 0 Å². The first kappa shape index (κ1) is 12.7. The molecule has 0 fully saturated rings. The summed E-state index contributed by atoms with van der Waals surface area (Å²) < 4.78 is 46.3. The van der Waals surface area contributed by atoms with E-state index in [0.29, 0.717) is 10.8 Å². The van der Waals surface area contributed by atoms with Crippen molar-refractivity contribution in [3.05, 3.63) is 48.2 Å². The van der Waals surface area contributed by atoms with E-state index in [-0.39, 0.29) is 9.79 Å². The Balaban J connectivity index is 3.69. The van der Waals surface area contributed by atoms with E-state index in [1.54, 1.807) is 0 Å². The Labute approximate surface area is 94.8 Å². The molecule has 0 unspecified atom stereocenters. The highest BCUT2D eigenvalue weighted by atomic mass is 32.2. The van der Waals surface area contributed by atoms with Crippen LogP contribution in [0, 0.1) is 0 Å². The molecule has 0 saturated carbocycles. The van der Waals surface area contributed by atoms with Gasteiger partial charge >= 0.3 is 0 Å². The van der Waals surface area contributed by atoms with Gasteiger partial charge in [0.2, 0.25) is 19.7 Å². The van der Waals surface area contributed by atoms with Crippen LogP contribution in [0.1, 0.15) is 0 Å². The molecule has 0 N–H and O–H groups in total. The van der Waals surface area contributed by atoms with Crippen molar-refractivity contribution in [2.45, 2.75) is 9.79 Å². The zero-order valence-corrected chi connectivity index (χ0v) is 9.96. The van der Waals surface area contributed by atoms with Crippen molar-refractivity contribution in [1.29, 1.82) is 0 Å². The van der Waals surface area contributed by atoms with Gasteiger partial charge in [-0.15, -0.1) is 0 Å². The average Bonchev–Trinajstić information content (AvgIpc) is 2.29. The van der Waals surface area contributed by atoms with Crippen molar-refractivity contribution in [1.82, 2.24) is 0 Å². The summed E-state index contributed by atoms with van der Waals surface area (Å²) in [6.45, 7) is 6.30. The molecule has 0 aliphatic carbocycles. The van der Waals surface area contributed by atoms with E-state index in [9.17, 15) is 16.8 Å². The minimum atomic E-state index is -3.79. The van der Waals surface area contributed by atoms with Crippen molar-refractivity contribution in [2.24, 2.45) is 0 Å². The van der Waals surface area contributed by atoms with Gasteiger partial charge in [0.05, 0.1) is 9.79 Å². The van der Waals surface area contributed by atoms with E-state index in [2.05, 4.69) is 13.2 Å². The molecule has 86 valence electrons. The first-order chi connectivity index (χ1) is 7.35. The van der Waals surface area contributed by atoms with Crippen LogP contribution in [0.15, 0.2) is 58.0 Å². The second kappa shape index (κ2) is 4.23. The van der Waals surface area contributed by atoms with Gasteiger partial charge in [-0.25, -0.2) is 16.8 Å². The quantitative estimate of drug-likeness (QED) is 0.821. The third-order valence-corrected chi connectivity index (χ3v) is 4.85. The Kier molecular flexibility index (Phi) is 3.35. The molecule has 0 saturated heterocycles. The van der Waals surface area contributed by atoms with Gasteiger partial charge in [0.25, 0.3) is 0 Å². The van der Waals surface area contributed by atoms with Crippen LogP contribution in [0.5, 0.6) is 0 Å². The molecule has 1 rings (SSSR count). The molecule has 1 aromatic carbocycles. The fourth-order valence-corrected chi connectivity index (χ4v) is 3.39. The predicted molar refractivity (Wildman–Crippen MR) is 61.2 cm³/mol. The number of rotatable bonds is 4. The first-order valence-corrected chi connectivity index (χ1v) is 7.28. The van der Waals surface area contributed by atoms with Crippen molar-refractivity contribution in [3.8, 4) is 0 Å². The van der Waals surface area contributed by atoms with Crippen molar-refractivity contribution in [3.63, 3.8) is 0 Å². The zero-order chi connectivity index (χ0) is 12.4. The summed E-state index contributed by atoms with van der Waals surface area (Å²) in [6.07, 6.45) is 0. The van der Waals surface area contributed by atoms with Crippen LogP contribution in [0.4, 0.5) is 0 Å². The van der Waals surface area contributed by atoms with Crippen molar-refractivity contribution < 1.29 is 16.8 Å². The second-order valence-corrected chi connectivity index (χ2v) is 6.60. The largest absolute Gasteiger partial charge is 0.219 e. The Morgan fingerprint density at radius 3 is 1.38 bits per heavy atom. The summed E-state index contributed by atoms with van der Waals surface area (Å²) in [7, 11) is -7.57.